The second-order valence-corrected chi connectivity index (χ2v) is 4.76. The van der Waals surface area contributed by atoms with E-state index in [0.717, 1.165) is 0 Å². The molecule has 22 heavy (non-hydrogen) atoms. The van der Waals surface area contributed by atoms with Gasteiger partial charge in [0.25, 0.3) is 0 Å². The van der Waals surface area contributed by atoms with Gasteiger partial charge in [-0.1, -0.05) is 48.0 Å². The van der Waals surface area contributed by atoms with Crippen molar-refractivity contribution in [3.05, 3.63) is 69.8 Å². The van der Waals surface area contributed by atoms with Gasteiger partial charge in [0.1, 0.15) is 11.8 Å². The molecule has 0 spiro atoms. The van der Waals surface area contributed by atoms with Gasteiger partial charge in [-0.15, -0.1) is 4.91 Å². The highest BCUT2D eigenvalue weighted by Gasteiger charge is 2.31. The third-order valence-electron chi connectivity index (χ3n) is 2.88. The van der Waals surface area contributed by atoms with E-state index >= 15 is 0 Å². The number of nitrogens with zero attached hydrogens (tertiary/aromatic N) is 2. The van der Waals surface area contributed by atoms with Crippen molar-refractivity contribution < 1.29 is 14.3 Å². The Hall–Kier alpha value is -2.60. The lowest BCUT2D eigenvalue weighted by atomic mass is 9.99. The molecule has 2 aromatic rings. The molecule has 0 N–H and O–H groups in total. The molecule has 0 aliphatic carbocycles. The number of amides is 1. The summed E-state index contributed by atoms with van der Waals surface area (Å²) >= 11 is 5.65. The average Bonchev–Trinajstić information content (AvgIpc) is 2.55. The van der Waals surface area contributed by atoms with Gasteiger partial charge in [-0.2, -0.15) is 0 Å². The number of aromatic nitrogens is 1. The molecule has 0 saturated carbocycles. The fraction of sp³-hybridized carbons (Fsp3) is 0.133. The van der Waals surface area contributed by atoms with Crippen molar-refractivity contribution in [2.75, 3.05) is 0 Å². The third kappa shape index (κ3) is 3.95. The Labute approximate surface area is 131 Å². The zero-order chi connectivity index (χ0) is 15.9. The summed E-state index contributed by atoms with van der Waals surface area (Å²) in [7, 11) is 0. The predicted octanol–water partition coefficient (Wildman–Crippen LogP) is 2.86. The molecule has 1 atom stereocenters. The van der Waals surface area contributed by atoms with Crippen LogP contribution in [-0.2, 0) is 20.9 Å². The van der Waals surface area contributed by atoms with Crippen molar-refractivity contribution in [2.24, 2.45) is 5.18 Å². The van der Waals surface area contributed by atoms with Gasteiger partial charge in [0.05, 0.1) is 0 Å². The number of esters is 1. The van der Waals surface area contributed by atoms with Crippen LogP contribution >= 0.6 is 11.6 Å². The molecule has 2 rings (SSSR count). The van der Waals surface area contributed by atoms with Crippen molar-refractivity contribution >= 4 is 23.5 Å². The van der Waals surface area contributed by atoms with Crippen LogP contribution in [0.3, 0.4) is 0 Å². The van der Waals surface area contributed by atoms with Gasteiger partial charge in [-0.3, -0.25) is 9.59 Å². The molecule has 7 heteroatoms. The third-order valence-corrected chi connectivity index (χ3v) is 3.10. The average molecular weight is 319 g/mol. The Morgan fingerprint density at radius 1 is 1.18 bits per heavy atom. The van der Waals surface area contributed by atoms with Crippen molar-refractivity contribution in [2.45, 2.75) is 12.5 Å². The van der Waals surface area contributed by atoms with Gasteiger partial charge in [-0.25, -0.2) is 4.98 Å². The molecule has 1 amide bonds. The highest BCUT2D eigenvalue weighted by Crippen LogP contribution is 2.20. The fourth-order valence-corrected chi connectivity index (χ4v) is 1.92. The summed E-state index contributed by atoms with van der Waals surface area (Å²) in [4.78, 5) is 38.0. The van der Waals surface area contributed by atoms with Crippen molar-refractivity contribution in [1.82, 2.24) is 4.98 Å². The van der Waals surface area contributed by atoms with E-state index in [9.17, 15) is 14.5 Å². The van der Waals surface area contributed by atoms with Crippen LogP contribution < -0.4 is 0 Å². The lowest BCUT2D eigenvalue weighted by Gasteiger charge is -2.12. The highest BCUT2D eigenvalue weighted by molar-refractivity contribution is 6.29. The van der Waals surface area contributed by atoms with Crippen molar-refractivity contribution in [3.63, 3.8) is 0 Å². The van der Waals surface area contributed by atoms with E-state index in [1.165, 1.54) is 6.20 Å². The number of hydrogen-bond acceptors (Lipinski definition) is 5. The summed E-state index contributed by atoms with van der Waals surface area (Å²) in [5.74, 6) is -3.30. The van der Waals surface area contributed by atoms with Crippen LogP contribution in [0.15, 0.2) is 53.8 Å². The van der Waals surface area contributed by atoms with Crippen LogP contribution in [0.5, 0.6) is 0 Å². The van der Waals surface area contributed by atoms with Gasteiger partial charge >= 0.3 is 11.9 Å². The summed E-state index contributed by atoms with van der Waals surface area (Å²) < 4.78 is 5.07. The smallest absolute Gasteiger partial charge is 0.323 e. The van der Waals surface area contributed by atoms with Crippen molar-refractivity contribution in [3.8, 4) is 0 Å². The Morgan fingerprint density at radius 3 is 2.50 bits per heavy atom. The Bertz CT molecular complexity index is 674. The van der Waals surface area contributed by atoms with Crippen LogP contribution in [-0.4, -0.2) is 16.9 Å². The largest absolute Gasteiger partial charge is 0.460 e. The Morgan fingerprint density at radius 2 is 1.91 bits per heavy atom. The van der Waals surface area contributed by atoms with Crippen LogP contribution in [0, 0.1) is 4.91 Å². The molecular formula is C15H11ClN2O4. The number of hydrogen-bond donors (Lipinski definition) is 0. The minimum Gasteiger partial charge on any atom is -0.460 e. The number of ether oxygens (including phenoxy) is 1. The molecule has 1 aromatic carbocycles. The molecule has 0 saturated heterocycles. The van der Waals surface area contributed by atoms with Gasteiger partial charge in [0.2, 0.25) is 0 Å². The fourth-order valence-electron chi connectivity index (χ4n) is 1.81. The maximum Gasteiger partial charge on any atom is 0.323 e. The van der Waals surface area contributed by atoms with E-state index < -0.39 is 17.8 Å². The molecule has 1 aromatic heterocycles. The molecule has 0 aliphatic heterocycles. The zero-order valence-corrected chi connectivity index (χ0v) is 12.1. The second-order valence-electron chi connectivity index (χ2n) is 4.37. The van der Waals surface area contributed by atoms with E-state index in [-0.39, 0.29) is 6.61 Å². The predicted molar refractivity (Wildman–Crippen MR) is 79.0 cm³/mol. The van der Waals surface area contributed by atoms with E-state index in [2.05, 4.69) is 10.2 Å². The number of halogens is 1. The number of carbonyl (C=O) groups is 2. The lowest BCUT2D eigenvalue weighted by Crippen LogP contribution is -2.22. The summed E-state index contributed by atoms with van der Waals surface area (Å²) in [6, 6.07) is 11.3. The minimum atomic E-state index is -1.36. The van der Waals surface area contributed by atoms with Gasteiger partial charge < -0.3 is 4.74 Å². The molecule has 0 radical (unpaired) electrons. The number of rotatable bonds is 5. The molecule has 112 valence electrons. The SMILES string of the molecule is O=NC(=O)C(C(=O)OCc1ccc(Cl)nc1)c1ccccc1. The monoisotopic (exact) mass is 318 g/mol. The topological polar surface area (TPSA) is 85.7 Å². The summed E-state index contributed by atoms with van der Waals surface area (Å²) in [5, 5.41) is 2.65. The second kappa shape index (κ2) is 7.42. The maximum absolute atomic E-state index is 12.1. The van der Waals surface area contributed by atoms with Crippen LogP contribution in [0.1, 0.15) is 17.0 Å². The summed E-state index contributed by atoms with van der Waals surface area (Å²) in [5.41, 5.74) is 0.961. The van der Waals surface area contributed by atoms with Crippen LogP contribution in [0.4, 0.5) is 0 Å². The van der Waals surface area contributed by atoms with Crippen LogP contribution in [0.2, 0.25) is 5.15 Å². The Kier molecular flexibility index (Phi) is 5.32. The number of pyridine rings is 1. The van der Waals surface area contributed by atoms with E-state index in [1.54, 1.807) is 42.5 Å². The first kappa shape index (κ1) is 15.8. The lowest BCUT2D eigenvalue weighted by molar-refractivity contribution is -0.149. The standard InChI is InChI=1S/C15H11ClN2O4/c16-12-7-6-10(8-17-12)9-22-15(20)13(14(19)18-21)11-4-2-1-3-5-11/h1-8,13H,9H2. The first-order chi connectivity index (χ1) is 10.6. The molecule has 6 nitrogen and oxygen atoms in total. The summed E-state index contributed by atoms with van der Waals surface area (Å²) in [6.45, 7) is -0.0848. The Balaban J connectivity index is 2.11. The maximum atomic E-state index is 12.1. The first-order valence-electron chi connectivity index (χ1n) is 6.31. The highest BCUT2D eigenvalue weighted by atomic mass is 35.5. The quantitative estimate of drug-likeness (QED) is 0.366. The molecule has 1 heterocycles. The first-order valence-corrected chi connectivity index (χ1v) is 6.69. The molecule has 0 fully saturated rings. The van der Waals surface area contributed by atoms with Crippen molar-refractivity contribution in [1.29, 1.82) is 0 Å². The van der Waals surface area contributed by atoms with Gasteiger partial charge in [0.15, 0.2) is 5.92 Å². The minimum absolute atomic E-state index is 0.0848. The molecule has 0 bridgehead atoms. The van der Waals surface area contributed by atoms with E-state index in [4.69, 9.17) is 16.3 Å². The van der Waals surface area contributed by atoms with E-state index in [0.29, 0.717) is 16.3 Å². The number of benzene rings is 1. The molecule has 0 aliphatic rings. The molecule has 1 unspecified atom stereocenters. The zero-order valence-electron chi connectivity index (χ0n) is 11.3. The van der Waals surface area contributed by atoms with Gasteiger partial charge in [-0.05, 0) is 11.6 Å². The normalized spacial score (nSPS) is 11.5. The van der Waals surface area contributed by atoms with E-state index in [1.807, 2.05) is 0 Å². The van der Waals surface area contributed by atoms with Gasteiger partial charge in [0, 0.05) is 16.9 Å². The number of carbonyl (C=O) groups excluding carboxylic acids is 2. The number of nitroso groups, excluding NO2 is 1. The van der Waals surface area contributed by atoms with Crippen LogP contribution in [0.25, 0.3) is 0 Å². The molecular weight excluding hydrogens is 308 g/mol. The summed E-state index contributed by atoms with van der Waals surface area (Å²) in [6.07, 6.45) is 1.45.